The average Bonchev–Trinajstić information content (AvgIpc) is 2.30. The third kappa shape index (κ3) is 3.93. The molecule has 1 fully saturated rings. The molecule has 1 aliphatic rings. The minimum Gasteiger partial charge on any atom is -0.492 e. The first kappa shape index (κ1) is 13.8. The SMILES string of the molecule is C[C@@H]1CNCCN1CCOc1cc(F)cc(Br)c1. The van der Waals surface area contributed by atoms with E-state index < -0.39 is 0 Å². The van der Waals surface area contributed by atoms with Crippen molar-refractivity contribution in [2.75, 3.05) is 32.8 Å². The number of hydrogen-bond acceptors (Lipinski definition) is 3. The van der Waals surface area contributed by atoms with Crippen LogP contribution in [-0.2, 0) is 0 Å². The Kier molecular flexibility index (Phi) is 4.97. The van der Waals surface area contributed by atoms with Crippen molar-refractivity contribution in [2.45, 2.75) is 13.0 Å². The van der Waals surface area contributed by atoms with Gasteiger partial charge in [-0.25, -0.2) is 4.39 Å². The summed E-state index contributed by atoms with van der Waals surface area (Å²) in [5.41, 5.74) is 0. The lowest BCUT2D eigenvalue weighted by Crippen LogP contribution is -2.50. The molecule has 1 heterocycles. The number of rotatable bonds is 4. The molecule has 1 N–H and O–H groups in total. The molecule has 0 spiro atoms. The van der Waals surface area contributed by atoms with Crippen molar-refractivity contribution < 1.29 is 9.13 Å². The molecule has 100 valence electrons. The van der Waals surface area contributed by atoms with Gasteiger partial charge in [0, 0.05) is 42.8 Å². The first-order valence-electron chi connectivity index (χ1n) is 6.19. The summed E-state index contributed by atoms with van der Waals surface area (Å²) in [6, 6.07) is 5.14. The maximum atomic E-state index is 13.1. The number of benzene rings is 1. The summed E-state index contributed by atoms with van der Waals surface area (Å²) in [6.07, 6.45) is 0. The summed E-state index contributed by atoms with van der Waals surface area (Å²) >= 11 is 3.25. The molecule has 0 aromatic heterocycles. The predicted molar refractivity (Wildman–Crippen MR) is 73.5 cm³/mol. The van der Waals surface area contributed by atoms with Crippen LogP contribution in [0.4, 0.5) is 4.39 Å². The number of piperazine rings is 1. The van der Waals surface area contributed by atoms with Crippen LogP contribution in [0.1, 0.15) is 6.92 Å². The molecule has 18 heavy (non-hydrogen) atoms. The van der Waals surface area contributed by atoms with Crippen LogP contribution in [-0.4, -0.2) is 43.7 Å². The highest BCUT2D eigenvalue weighted by molar-refractivity contribution is 9.10. The van der Waals surface area contributed by atoms with Crippen molar-refractivity contribution >= 4 is 15.9 Å². The van der Waals surface area contributed by atoms with Crippen LogP contribution in [0.5, 0.6) is 5.75 Å². The first-order chi connectivity index (χ1) is 8.65. The first-order valence-corrected chi connectivity index (χ1v) is 6.98. The molecule has 0 radical (unpaired) electrons. The minimum atomic E-state index is -0.282. The highest BCUT2D eigenvalue weighted by Crippen LogP contribution is 2.20. The molecule has 3 nitrogen and oxygen atoms in total. The van der Waals surface area contributed by atoms with Gasteiger partial charge in [0.25, 0.3) is 0 Å². The van der Waals surface area contributed by atoms with E-state index in [-0.39, 0.29) is 5.82 Å². The Morgan fingerprint density at radius 1 is 1.50 bits per heavy atom. The highest BCUT2D eigenvalue weighted by Gasteiger charge is 2.17. The van der Waals surface area contributed by atoms with Gasteiger partial charge >= 0.3 is 0 Å². The van der Waals surface area contributed by atoms with E-state index >= 15 is 0 Å². The van der Waals surface area contributed by atoms with Gasteiger partial charge in [0.1, 0.15) is 18.2 Å². The average molecular weight is 317 g/mol. The van der Waals surface area contributed by atoms with Crippen molar-refractivity contribution in [1.29, 1.82) is 0 Å². The van der Waals surface area contributed by atoms with E-state index in [4.69, 9.17) is 4.74 Å². The summed E-state index contributed by atoms with van der Waals surface area (Å²) in [4.78, 5) is 2.38. The van der Waals surface area contributed by atoms with Crippen molar-refractivity contribution in [3.63, 3.8) is 0 Å². The lowest BCUT2D eigenvalue weighted by atomic mass is 10.2. The Hall–Kier alpha value is -0.650. The number of nitrogens with zero attached hydrogens (tertiary/aromatic N) is 1. The molecule has 1 aromatic rings. The zero-order chi connectivity index (χ0) is 13.0. The second kappa shape index (κ2) is 6.50. The molecule has 0 bridgehead atoms. The molecule has 0 amide bonds. The molecule has 1 saturated heterocycles. The molecule has 5 heteroatoms. The normalized spacial score (nSPS) is 20.9. The van der Waals surface area contributed by atoms with Crippen LogP contribution >= 0.6 is 15.9 Å². The summed E-state index contributed by atoms with van der Waals surface area (Å²) in [5.74, 6) is 0.291. The summed E-state index contributed by atoms with van der Waals surface area (Å²) in [7, 11) is 0. The van der Waals surface area contributed by atoms with Crippen LogP contribution < -0.4 is 10.1 Å². The fourth-order valence-electron chi connectivity index (χ4n) is 2.11. The van der Waals surface area contributed by atoms with Crippen molar-refractivity contribution in [1.82, 2.24) is 10.2 Å². The third-order valence-corrected chi connectivity index (χ3v) is 3.58. The standard InChI is InChI=1S/C13H18BrFN2O/c1-10-9-16-2-3-17(10)4-5-18-13-7-11(14)6-12(15)8-13/h6-8,10,16H,2-5,9H2,1H3/t10-/m1/s1. The maximum Gasteiger partial charge on any atom is 0.128 e. The van der Waals surface area contributed by atoms with E-state index in [1.165, 1.54) is 12.1 Å². The predicted octanol–water partition coefficient (Wildman–Crippen LogP) is 2.26. The van der Waals surface area contributed by atoms with E-state index in [1.54, 1.807) is 6.07 Å². The van der Waals surface area contributed by atoms with Gasteiger partial charge in [-0.2, -0.15) is 0 Å². The molecular formula is C13H18BrFN2O. The van der Waals surface area contributed by atoms with E-state index in [0.29, 0.717) is 22.9 Å². The topological polar surface area (TPSA) is 24.5 Å². The Labute approximate surface area is 115 Å². The van der Waals surface area contributed by atoms with Crippen molar-refractivity contribution in [3.8, 4) is 5.75 Å². The zero-order valence-electron chi connectivity index (χ0n) is 10.5. The molecule has 0 saturated carbocycles. The lowest BCUT2D eigenvalue weighted by molar-refractivity contribution is 0.143. The van der Waals surface area contributed by atoms with E-state index in [2.05, 4.69) is 33.1 Å². The lowest BCUT2D eigenvalue weighted by Gasteiger charge is -2.33. The fraction of sp³-hybridized carbons (Fsp3) is 0.538. The van der Waals surface area contributed by atoms with Gasteiger partial charge in [-0.15, -0.1) is 0 Å². The second-order valence-corrected chi connectivity index (χ2v) is 5.46. The van der Waals surface area contributed by atoms with E-state index in [9.17, 15) is 4.39 Å². The molecule has 0 unspecified atom stereocenters. The van der Waals surface area contributed by atoms with Gasteiger partial charge in [0.15, 0.2) is 0 Å². The number of halogens is 2. The Morgan fingerprint density at radius 3 is 3.06 bits per heavy atom. The van der Waals surface area contributed by atoms with Gasteiger partial charge in [0.05, 0.1) is 0 Å². The van der Waals surface area contributed by atoms with Crippen molar-refractivity contribution in [2.24, 2.45) is 0 Å². The quantitative estimate of drug-likeness (QED) is 0.922. The van der Waals surface area contributed by atoms with Crippen LogP contribution in [0, 0.1) is 5.82 Å². The largest absolute Gasteiger partial charge is 0.492 e. The van der Waals surface area contributed by atoms with Crippen LogP contribution in [0.15, 0.2) is 22.7 Å². The van der Waals surface area contributed by atoms with Gasteiger partial charge in [-0.3, -0.25) is 4.90 Å². The minimum absolute atomic E-state index is 0.282. The monoisotopic (exact) mass is 316 g/mol. The number of nitrogens with one attached hydrogen (secondary N) is 1. The van der Waals surface area contributed by atoms with Crippen molar-refractivity contribution in [3.05, 3.63) is 28.5 Å². The molecule has 1 aromatic carbocycles. The number of ether oxygens (including phenoxy) is 1. The fourth-order valence-corrected chi connectivity index (χ4v) is 2.55. The summed E-state index contributed by atoms with van der Waals surface area (Å²) in [5, 5.41) is 3.35. The van der Waals surface area contributed by atoms with Crippen LogP contribution in [0.3, 0.4) is 0 Å². The molecule has 2 rings (SSSR count). The smallest absolute Gasteiger partial charge is 0.128 e. The third-order valence-electron chi connectivity index (χ3n) is 3.12. The Morgan fingerprint density at radius 2 is 2.33 bits per heavy atom. The van der Waals surface area contributed by atoms with Crippen LogP contribution in [0.25, 0.3) is 0 Å². The second-order valence-electron chi connectivity index (χ2n) is 4.54. The number of hydrogen-bond donors (Lipinski definition) is 1. The van der Waals surface area contributed by atoms with E-state index in [1.807, 2.05) is 0 Å². The highest BCUT2D eigenvalue weighted by atomic mass is 79.9. The Balaban J connectivity index is 1.80. The van der Waals surface area contributed by atoms with Gasteiger partial charge in [0.2, 0.25) is 0 Å². The van der Waals surface area contributed by atoms with Gasteiger partial charge < -0.3 is 10.1 Å². The van der Waals surface area contributed by atoms with Gasteiger partial charge in [-0.05, 0) is 19.1 Å². The Bertz CT molecular complexity index is 382. The molecular weight excluding hydrogens is 299 g/mol. The van der Waals surface area contributed by atoms with Crippen LogP contribution in [0.2, 0.25) is 0 Å². The molecule has 1 aliphatic heterocycles. The summed E-state index contributed by atoms with van der Waals surface area (Å²) in [6.45, 7) is 6.74. The maximum absolute atomic E-state index is 13.1. The molecule has 0 aliphatic carbocycles. The van der Waals surface area contributed by atoms with E-state index in [0.717, 1.165) is 26.2 Å². The van der Waals surface area contributed by atoms with Gasteiger partial charge in [-0.1, -0.05) is 15.9 Å². The summed E-state index contributed by atoms with van der Waals surface area (Å²) < 4.78 is 19.4. The zero-order valence-corrected chi connectivity index (χ0v) is 12.0. The molecule has 1 atom stereocenters.